The predicted octanol–water partition coefficient (Wildman–Crippen LogP) is 6.13. The van der Waals surface area contributed by atoms with Gasteiger partial charge < -0.3 is 19.5 Å². The van der Waals surface area contributed by atoms with Crippen LogP contribution in [0.5, 0.6) is 0 Å². The number of aliphatic hydroxyl groups excluding tert-OH is 1. The molecule has 2 atom stereocenters. The molecular weight excluding hydrogens is 471 g/mol. The number of nitrogens with zero attached hydrogens (tertiary/aromatic N) is 1. The molecule has 1 aliphatic rings. The lowest BCUT2D eigenvalue weighted by Crippen LogP contribution is -2.43. The molecule has 0 radical (unpaired) electrons. The van der Waals surface area contributed by atoms with Gasteiger partial charge in [-0.05, 0) is 42.3 Å². The van der Waals surface area contributed by atoms with Gasteiger partial charge in [-0.25, -0.2) is 18.0 Å². The maximum absolute atomic E-state index is 14.0. The Bertz CT molecular complexity index is 1100. The van der Waals surface area contributed by atoms with E-state index >= 15 is 0 Å². The summed E-state index contributed by atoms with van der Waals surface area (Å²) in [6, 6.07) is 18.4. The molecule has 1 amide bonds. The number of amides is 1. The lowest BCUT2D eigenvalue weighted by molar-refractivity contribution is -0.00582. The van der Waals surface area contributed by atoms with E-state index in [1.807, 2.05) is 19.1 Å². The maximum Gasteiger partial charge on any atom is 0.410 e. The quantitative estimate of drug-likeness (QED) is 0.378. The number of aliphatic hydroxyl groups is 1. The van der Waals surface area contributed by atoms with E-state index in [-0.39, 0.29) is 37.3 Å². The molecule has 3 aromatic rings. The Morgan fingerprint density at radius 3 is 2.31 bits per heavy atom. The zero-order valence-corrected chi connectivity index (χ0v) is 20.1. The molecule has 1 saturated heterocycles. The van der Waals surface area contributed by atoms with Crippen molar-refractivity contribution in [3.05, 3.63) is 95.8 Å². The first-order valence-electron chi connectivity index (χ1n) is 11.8. The summed E-state index contributed by atoms with van der Waals surface area (Å²) < 4.78 is 49.7. The highest BCUT2D eigenvalue weighted by molar-refractivity contribution is 5.69. The molecule has 1 fully saturated rings. The van der Waals surface area contributed by atoms with Gasteiger partial charge in [0.25, 0.3) is 0 Å². The molecule has 0 bridgehead atoms. The minimum absolute atomic E-state index is 0.0255. The minimum Gasteiger partial charge on any atom is -0.446 e. The van der Waals surface area contributed by atoms with Crippen molar-refractivity contribution >= 4 is 6.09 Å². The van der Waals surface area contributed by atoms with Gasteiger partial charge in [0.15, 0.2) is 0 Å². The SMILES string of the molecule is CC(c1ccc(-c2ccc(F)cc2F)cc1)N1CCC(CCOCCO)OC1=O.Fc1ccccc1. The second kappa shape index (κ2) is 13.7. The second-order valence-corrected chi connectivity index (χ2v) is 8.33. The first-order valence-corrected chi connectivity index (χ1v) is 11.8. The van der Waals surface area contributed by atoms with Crippen molar-refractivity contribution in [1.29, 1.82) is 0 Å². The van der Waals surface area contributed by atoms with Gasteiger partial charge in [0.1, 0.15) is 23.6 Å². The molecule has 8 heteroatoms. The molecular formula is C28H30F3NO4. The number of carbonyl (C=O) groups is 1. The van der Waals surface area contributed by atoms with Crippen molar-refractivity contribution in [2.45, 2.75) is 31.9 Å². The molecule has 36 heavy (non-hydrogen) atoms. The molecule has 0 spiro atoms. The zero-order valence-electron chi connectivity index (χ0n) is 20.1. The summed E-state index contributed by atoms with van der Waals surface area (Å²) in [6.45, 7) is 3.18. The Hall–Kier alpha value is -3.36. The third-order valence-corrected chi connectivity index (χ3v) is 5.85. The normalized spacial score (nSPS) is 16.1. The minimum atomic E-state index is -0.613. The van der Waals surface area contributed by atoms with Gasteiger partial charge in [-0.3, -0.25) is 0 Å². The molecule has 1 aliphatic heterocycles. The van der Waals surface area contributed by atoms with Crippen molar-refractivity contribution in [3.63, 3.8) is 0 Å². The van der Waals surface area contributed by atoms with Crippen LogP contribution in [0, 0.1) is 17.5 Å². The van der Waals surface area contributed by atoms with Gasteiger partial charge >= 0.3 is 6.09 Å². The summed E-state index contributed by atoms with van der Waals surface area (Å²) in [7, 11) is 0. The molecule has 2 unspecified atom stereocenters. The van der Waals surface area contributed by atoms with Crippen LogP contribution in [0.25, 0.3) is 11.1 Å². The smallest absolute Gasteiger partial charge is 0.410 e. The molecule has 0 aliphatic carbocycles. The number of hydrogen-bond donors (Lipinski definition) is 1. The van der Waals surface area contributed by atoms with Crippen LogP contribution in [0.3, 0.4) is 0 Å². The highest BCUT2D eigenvalue weighted by atomic mass is 19.1. The second-order valence-electron chi connectivity index (χ2n) is 8.33. The average Bonchev–Trinajstić information content (AvgIpc) is 2.87. The van der Waals surface area contributed by atoms with Crippen molar-refractivity contribution in [2.75, 3.05) is 26.4 Å². The first kappa shape index (κ1) is 27.2. The number of ether oxygens (including phenoxy) is 2. The molecule has 0 saturated carbocycles. The van der Waals surface area contributed by atoms with Crippen molar-refractivity contribution in [3.8, 4) is 11.1 Å². The van der Waals surface area contributed by atoms with Crippen LogP contribution in [0.15, 0.2) is 72.8 Å². The summed E-state index contributed by atoms with van der Waals surface area (Å²) in [6.07, 6.45) is 0.751. The van der Waals surface area contributed by atoms with E-state index in [1.165, 1.54) is 24.3 Å². The first-order chi connectivity index (χ1) is 17.4. The predicted molar refractivity (Wildman–Crippen MR) is 131 cm³/mol. The number of halogens is 3. The summed E-state index contributed by atoms with van der Waals surface area (Å²) in [5, 5.41) is 8.71. The molecule has 1 N–H and O–H groups in total. The van der Waals surface area contributed by atoms with E-state index in [9.17, 15) is 18.0 Å². The van der Waals surface area contributed by atoms with Gasteiger partial charge in [0.2, 0.25) is 0 Å². The van der Waals surface area contributed by atoms with E-state index in [4.69, 9.17) is 14.6 Å². The van der Waals surface area contributed by atoms with Gasteiger partial charge in [-0.15, -0.1) is 0 Å². The van der Waals surface area contributed by atoms with Crippen LogP contribution in [-0.2, 0) is 9.47 Å². The Labute approximate surface area is 209 Å². The molecule has 5 nitrogen and oxygen atoms in total. The lowest BCUT2D eigenvalue weighted by Gasteiger charge is -2.35. The summed E-state index contributed by atoms with van der Waals surface area (Å²) in [4.78, 5) is 14.1. The molecule has 0 aromatic heterocycles. The number of cyclic esters (lactones) is 1. The Morgan fingerprint density at radius 2 is 1.72 bits per heavy atom. The highest BCUT2D eigenvalue weighted by Crippen LogP contribution is 2.29. The van der Waals surface area contributed by atoms with Crippen molar-refractivity contribution < 1.29 is 32.5 Å². The van der Waals surface area contributed by atoms with E-state index < -0.39 is 11.6 Å². The van der Waals surface area contributed by atoms with Crippen LogP contribution in [0.1, 0.15) is 31.4 Å². The third kappa shape index (κ3) is 7.83. The monoisotopic (exact) mass is 501 g/mol. The summed E-state index contributed by atoms with van der Waals surface area (Å²) >= 11 is 0. The number of benzene rings is 3. The highest BCUT2D eigenvalue weighted by Gasteiger charge is 2.30. The lowest BCUT2D eigenvalue weighted by atomic mass is 10.00. The maximum atomic E-state index is 14.0. The van der Waals surface area contributed by atoms with Crippen LogP contribution in [0.4, 0.5) is 18.0 Å². The number of rotatable bonds is 8. The fraction of sp³-hybridized carbons (Fsp3) is 0.321. The zero-order chi connectivity index (χ0) is 25.9. The summed E-state index contributed by atoms with van der Waals surface area (Å²) in [5.74, 6) is -1.40. The number of carbonyl (C=O) groups excluding carboxylic acids is 1. The fourth-order valence-electron chi connectivity index (χ4n) is 3.84. The molecule has 4 rings (SSSR count). The van der Waals surface area contributed by atoms with E-state index in [0.717, 1.165) is 11.6 Å². The van der Waals surface area contributed by atoms with E-state index in [2.05, 4.69) is 0 Å². The van der Waals surface area contributed by atoms with Crippen LogP contribution < -0.4 is 0 Å². The van der Waals surface area contributed by atoms with E-state index in [1.54, 1.807) is 35.2 Å². The molecule has 192 valence electrons. The third-order valence-electron chi connectivity index (χ3n) is 5.85. The van der Waals surface area contributed by atoms with Crippen LogP contribution in [-0.4, -0.2) is 48.6 Å². The molecule has 3 aromatic carbocycles. The largest absolute Gasteiger partial charge is 0.446 e. The van der Waals surface area contributed by atoms with Gasteiger partial charge in [-0.1, -0.05) is 42.5 Å². The topological polar surface area (TPSA) is 59.0 Å². The van der Waals surface area contributed by atoms with E-state index in [0.29, 0.717) is 37.1 Å². The van der Waals surface area contributed by atoms with Crippen molar-refractivity contribution in [1.82, 2.24) is 4.90 Å². The Kier molecular flexibility index (Phi) is 10.3. The van der Waals surface area contributed by atoms with Crippen LogP contribution >= 0.6 is 0 Å². The average molecular weight is 502 g/mol. The Balaban J connectivity index is 0.000000444. The summed E-state index contributed by atoms with van der Waals surface area (Å²) in [5.41, 5.74) is 1.87. The molecule has 1 heterocycles. The fourth-order valence-corrected chi connectivity index (χ4v) is 3.84. The van der Waals surface area contributed by atoms with Crippen molar-refractivity contribution in [2.24, 2.45) is 0 Å². The number of hydrogen-bond acceptors (Lipinski definition) is 4. The van der Waals surface area contributed by atoms with Gasteiger partial charge in [0, 0.05) is 31.0 Å². The van der Waals surface area contributed by atoms with Gasteiger partial charge in [-0.2, -0.15) is 0 Å². The standard InChI is InChI=1S/C22H25F2NO4.C6H5F/c1-15(25-10-8-19(29-22(25)27)9-12-28-13-11-26)16-2-4-17(5-3-16)20-7-6-18(23)14-21(20)24;7-6-4-2-1-3-5-6/h2-7,14-15,19,26H,8-13H2,1H3;1-5H. The van der Waals surface area contributed by atoms with Gasteiger partial charge in [0.05, 0.1) is 25.9 Å². The Morgan fingerprint density at radius 1 is 1.00 bits per heavy atom. The van der Waals surface area contributed by atoms with Crippen LogP contribution in [0.2, 0.25) is 0 Å².